The number of H-pyrrole nitrogens is 1. The first kappa shape index (κ1) is 26.0. The van der Waals surface area contributed by atoms with Crippen molar-refractivity contribution in [1.29, 1.82) is 0 Å². The number of rotatable bonds is 6. The highest BCUT2D eigenvalue weighted by atomic mass is 32.2. The second kappa shape index (κ2) is 9.11. The number of thioether (sulfide) groups is 1. The zero-order valence-corrected chi connectivity index (χ0v) is 23.5. The molecule has 0 aliphatic heterocycles. The van der Waals surface area contributed by atoms with Gasteiger partial charge in [-0.25, -0.2) is 14.5 Å². The maximum absolute atomic E-state index is 12.2. The van der Waals surface area contributed by atoms with E-state index in [2.05, 4.69) is 96.7 Å². The normalized spacial score (nSPS) is 12.8. The molecule has 0 aliphatic carbocycles. The van der Waals surface area contributed by atoms with Gasteiger partial charge in [0, 0.05) is 11.6 Å². The van der Waals surface area contributed by atoms with E-state index in [1.54, 1.807) is 16.3 Å². The highest BCUT2D eigenvalue weighted by molar-refractivity contribution is 8.00. The number of fused-ring (bicyclic) bond motifs is 1. The van der Waals surface area contributed by atoms with Crippen LogP contribution < -0.4 is 10.3 Å². The third-order valence-electron chi connectivity index (χ3n) is 6.98. The lowest BCUT2D eigenvalue weighted by Crippen LogP contribution is -2.47. The fraction of sp³-hybridized carbons (Fsp3) is 0.414. The minimum absolute atomic E-state index is 0.0594. The molecule has 0 spiro atoms. The summed E-state index contributed by atoms with van der Waals surface area (Å²) in [6, 6.07) is 16.0. The Labute approximate surface area is 217 Å². The van der Waals surface area contributed by atoms with E-state index >= 15 is 0 Å². The smallest absolute Gasteiger partial charge is 0.266 e. The maximum atomic E-state index is 12.2. The summed E-state index contributed by atoms with van der Waals surface area (Å²) in [5.74, 6) is 1.42. The second-order valence-electron chi connectivity index (χ2n) is 11.4. The summed E-state index contributed by atoms with van der Waals surface area (Å²) in [6.45, 7) is 19.2. The van der Waals surface area contributed by atoms with Crippen LogP contribution in [0.3, 0.4) is 0 Å². The van der Waals surface area contributed by atoms with Crippen molar-refractivity contribution in [2.45, 2.75) is 83.2 Å². The molecular weight excluding hydrogens is 468 g/mol. The van der Waals surface area contributed by atoms with Gasteiger partial charge >= 0.3 is 0 Å². The SMILES string of the molecule is Cc1ccc(OC(C)(C)C(C)(C)Sc2nc(-c3ccc(C(C)(C)C)cc3)nc3cc(=O)[nH]n23)cc1C. The van der Waals surface area contributed by atoms with Gasteiger partial charge in [0.25, 0.3) is 5.56 Å². The molecule has 0 saturated carbocycles. The lowest BCUT2D eigenvalue weighted by Gasteiger charge is -2.40. The third-order valence-corrected chi connectivity index (χ3v) is 8.44. The largest absolute Gasteiger partial charge is 0.486 e. The standard InChI is InChI=1S/C29H36N4O2S/c1-18-10-15-22(16-19(18)2)35-28(6,7)29(8,9)36-26-31-25(30-23-17-24(34)32-33(23)26)20-11-13-21(14-12-20)27(3,4)5/h10-17H,1-9H3,(H,32,34). The van der Waals surface area contributed by atoms with Crippen molar-refractivity contribution in [2.24, 2.45) is 0 Å². The first-order valence-electron chi connectivity index (χ1n) is 12.2. The van der Waals surface area contributed by atoms with Gasteiger partial charge in [-0.15, -0.1) is 0 Å². The number of aromatic nitrogens is 4. The van der Waals surface area contributed by atoms with Crippen molar-refractivity contribution in [1.82, 2.24) is 19.6 Å². The fourth-order valence-corrected chi connectivity index (χ4v) is 4.85. The molecule has 0 aliphatic rings. The van der Waals surface area contributed by atoms with Crippen LogP contribution in [0.4, 0.5) is 0 Å². The summed E-state index contributed by atoms with van der Waals surface area (Å²) in [7, 11) is 0. The van der Waals surface area contributed by atoms with Crippen LogP contribution in [0.1, 0.15) is 65.2 Å². The summed E-state index contributed by atoms with van der Waals surface area (Å²) < 4.78 is 7.75. The molecule has 2 aromatic heterocycles. The van der Waals surface area contributed by atoms with E-state index in [9.17, 15) is 4.79 Å². The molecule has 0 saturated heterocycles. The highest BCUT2D eigenvalue weighted by Crippen LogP contribution is 2.42. The van der Waals surface area contributed by atoms with E-state index in [-0.39, 0.29) is 11.0 Å². The molecular formula is C29H36N4O2S. The van der Waals surface area contributed by atoms with Gasteiger partial charge in [0.05, 0.1) is 4.75 Å². The Bertz CT molecular complexity index is 1460. The minimum Gasteiger partial charge on any atom is -0.486 e. The molecule has 0 unspecified atom stereocenters. The van der Waals surface area contributed by atoms with Gasteiger partial charge < -0.3 is 4.74 Å². The Balaban J connectivity index is 1.71. The van der Waals surface area contributed by atoms with E-state index < -0.39 is 10.3 Å². The summed E-state index contributed by atoms with van der Waals surface area (Å²) in [5.41, 5.74) is 4.40. The molecule has 0 amide bonds. The van der Waals surface area contributed by atoms with Gasteiger partial charge in [-0.2, -0.15) is 0 Å². The zero-order valence-electron chi connectivity index (χ0n) is 22.7. The maximum Gasteiger partial charge on any atom is 0.266 e. The number of nitrogens with one attached hydrogen (secondary N) is 1. The number of hydrogen-bond acceptors (Lipinski definition) is 5. The fourth-order valence-electron chi connectivity index (χ4n) is 3.75. The molecule has 36 heavy (non-hydrogen) atoms. The van der Waals surface area contributed by atoms with Crippen LogP contribution in [0, 0.1) is 13.8 Å². The van der Waals surface area contributed by atoms with Crippen LogP contribution >= 0.6 is 11.8 Å². The predicted molar refractivity (Wildman–Crippen MR) is 148 cm³/mol. The molecule has 0 fully saturated rings. The lowest BCUT2D eigenvalue weighted by atomic mass is 9.87. The van der Waals surface area contributed by atoms with E-state index in [1.807, 2.05) is 18.2 Å². The Morgan fingerprint density at radius 1 is 0.861 bits per heavy atom. The van der Waals surface area contributed by atoms with Crippen LogP contribution in [-0.4, -0.2) is 29.9 Å². The summed E-state index contributed by atoms with van der Waals surface area (Å²) in [5, 5.41) is 3.50. The van der Waals surface area contributed by atoms with Crippen molar-refractivity contribution >= 4 is 17.4 Å². The molecule has 2 aromatic carbocycles. The zero-order chi connectivity index (χ0) is 26.5. The quantitative estimate of drug-likeness (QED) is 0.295. The van der Waals surface area contributed by atoms with Crippen molar-refractivity contribution in [3.63, 3.8) is 0 Å². The first-order valence-corrected chi connectivity index (χ1v) is 13.0. The second-order valence-corrected chi connectivity index (χ2v) is 13.0. The monoisotopic (exact) mass is 504 g/mol. The molecule has 4 rings (SSSR count). The number of benzene rings is 2. The molecule has 0 radical (unpaired) electrons. The number of hydrogen-bond donors (Lipinski definition) is 1. The Hall–Kier alpha value is -3.06. The molecule has 0 bridgehead atoms. The Morgan fingerprint density at radius 2 is 1.53 bits per heavy atom. The molecule has 190 valence electrons. The van der Waals surface area contributed by atoms with E-state index in [0.717, 1.165) is 11.3 Å². The van der Waals surface area contributed by atoms with Crippen LogP contribution in [0.25, 0.3) is 17.0 Å². The molecule has 7 heteroatoms. The van der Waals surface area contributed by atoms with Crippen LogP contribution in [0.5, 0.6) is 5.75 Å². The number of aromatic amines is 1. The third kappa shape index (κ3) is 5.21. The Kier molecular flexibility index (Phi) is 6.58. The lowest BCUT2D eigenvalue weighted by molar-refractivity contribution is 0.0767. The molecule has 1 N–H and O–H groups in total. The van der Waals surface area contributed by atoms with Gasteiger partial charge in [0.1, 0.15) is 11.4 Å². The molecule has 0 atom stereocenters. The minimum atomic E-state index is -0.557. The van der Waals surface area contributed by atoms with Gasteiger partial charge in [-0.05, 0) is 75.8 Å². The highest BCUT2D eigenvalue weighted by Gasteiger charge is 2.41. The van der Waals surface area contributed by atoms with Crippen LogP contribution in [-0.2, 0) is 5.41 Å². The van der Waals surface area contributed by atoms with Gasteiger partial charge in [-0.1, -0.05) is 62.9 Å². The van der Waals surface area contributed by atoms with Crippen molar-refractivity contribution in [3.8, 4) is 17.1 Å². The van der Waals surface area contributed by atoms with Gasteiger partial charge in [0.2, 0.25) is 0 Å². The van der Waals surface area contributed by atoms with Crippen molar-refractivity contribution in [3.05, 3.63) is 75.6 Å². The summed E-state index contributed by atoms with van der Waals surface area (Å²) in [6.07, 6.45) is 0. The summed E-state index contributed by atoms with van der Waals surface area (Å²) in [4.78, 5) is 21.8. The van der Waals surface area contributed by atoms with Crippen LogP contribution in [0.2, 0.25) is 0 Å². The topological polar surface area (TPSA) is 72.3 Å². The van der Waals surface area contributed by atoms with E-state index in [0.29, 0.717) is 16.6 Å². The van der Waals surface area contributed by atoms with Crippen molar-refractivity contribution < 1.29 is 4.74 Å². The summed E-state index contributed by atoms with van der Waals surface area (Å²) >= 11 is 1.56. The average Bonchev–Trinajstić information content (AvgIpc) is 3.16. The van der Waals surface area contributed by atoms with Crippen molar-refractivity contribution in [2.75, 3.05) is 0 Å². The predicted octanol–water partition coefficient (Wildman–Crippen LogP) is 6.73. The molecule has 2 heterocycles. The van der Waals surface area contributed by atoms with E-state index in [1.165, 1.54) is 22.8 Å². The van der Waals surface area contributed by atoms with Crippen LogP contribution in [0.15, 0.2) is 58.5 Å². The molecule has 4 aromatic rings. The number of nitrogens with zero attached hydrogens (tertiary/aromatic N) is 3. The van der Waals surface area contributed by atoms with Gasteiger partial charge in [0.15, 0.2) is 16.6 Å². The number of aryl methyl sites for hydroxylation is 2. The number of ether oxygens (including phenoxy) is 1. The molecule has 6 nitrogen and oxygen atoms in total. The Morgan fingerprint density at radius 3 is 2.14 bits per heavy atom. The average molecular weight is 505 g/mol. The first-order chi connectivity index (χ1) is 16.7. The van der Waals surface area contributed by atoms with Gasteiger partial charge in [-0.3, -0.25) is 9.89 Å². The van der Waals surface area contributed by atoms with E-state index in [4.69, 9.17) is 9.72 Å².